The van der Waals surface area contributed by atoms with Crippen LogP contribution in [0, 0.1) is 0 Å². The van der Waals surface area contributed by atoms with E-state index in [2.05, 4.69) is 38.2 Å². The summed E-state index contributed by atoms with van der Waals surface area (Å²) in [5, 5.41) is 2.97. The predicted octanol–water partition coefficient (Wildman–Crippen LogP) is 6.35. The van der Waals surface area contributed by atoms with Crippen LogP contribution in [0.3, 0.4) is 0 Å². The zero-order chi connectivity index (χ0) is 20.0. The van der Waals surface area contributed by atoms with Gasteiger partial charge in [-0.1, -0.05) is 63.2 Å². The first kappa shape index (κ1) is 19.7. The van der Waals surface area contributed by atoms with Crippen LogP contribution in [0.25, 0.3) is 0 Å². The van der Waals surface area contributed by atoms with Crippen LogP contribution in [0.15, 0.2) is 78.9 Å². The van der Waals surface area contributed by atoms with Gasteiger partial charge in [0.1, 0.15) is 11.5 Å². The second-order valence-electron chi connectivity index (χ2n) is 7.93. The van der Waals surface area contributed by atoms with Crippen LogP contribution in [-0.4, -0.2) is 5.91 Å². The van der Waals surface area contributed by atoms with Crippen LogP contribution in [0.5, 0.6) is 11.5 Å². The van der Waals surface area contributed by atoms with E-state index in [-0.39, 0.29) is 11.3 Å². The molecule has 3 heteroatoms. The summed E-state index contributed by atoms with van der Waals surface area (Å²) in [6.07, 6.45) is 1.14. The monoisotopic (exact) mass is 373 g/mol. The first-order chi connectivity index (χ1) is 13.4. The lowest BCUT2D eigenvalue weighted by atomic mass is 9.87. The van der Waals surface area contributed by atoms with Crippen LogP contribution in [0.4, 0.5) is 5.69 Å². The second kappa shape index (κ2) is 8.75. The standard InChI is InChI=1S/C25H27NO2/c1-25(2,3)20-12-14-21(15-13-20)26-24(27)18-11-19-9-16-23(17-10-19)28-22-7-5-4-6-8-22/h4-10,12-17H,11,18H2,1-3H3,(H,26,27). The third-order valence-corrected chi connectivity index (χ3v) is 4.58. The minimum absolute atomic E-state index is 0.0214. The summed E-state index contributed by atoms with van der Waals surface area (Å²) in [6, 6.07) is 25.6. The molecule has 144 valence electrons. The number of aryl methyl sites for hydroxylation is 1. The van der Waals surface area contributed by atoms with Gasteiger partial charge in [-0.05, 0) is 59.4 Å². The largest absolute Gasteiger partial charge is 0.457 e. The number of nitrogens with one attached hydrogen (secondary N) is 1. The van der Waals surface area contributed by atoms with Gasteiger partial charge in [-0.2, -0.15) is 0 Å². The number of carbonyl (C=O) groups is 1. The highest BCUT2D eigenvalue weighted by Crippen LogP contribution is 2.24. The summed E-state index contributed by atoms with van der Waals surface area (Å²) in [7, 11) is 0. The molecular weight excluding hydrogens is 346 g/mol. The van der Waals surface area contributed by atoms with Gasteiger partial charge in [-0.25, -0.2) is 0 Å². The number of benzene rings is 3. The van der Waals surface area contributed by atoms with E-state index in [1.807, 2.05) is 66.7 Å². The topological polar surface area (TPSA) is 38.3 Å². The fourth-order valence-electron chi connectivity index (χ4n) is 2.88. The Hall–Kier alpha value is -3.07. The number of hydrogen-bond acceptors (Lipinski definition) is 2. The SMILES string of the molecule is CC(C)(C)c1ccc(NC(=O)CCc2ccc(Oc3ccccc3)cc2)cc1. The van der Waals surface area contributed by atoms with E-state index in [9.17, 15) is 4.79 Å². The Morgan fingerprint density at radius 2 is 1.43 bits per heavy atom. The normalized spacial score (nSPS) is 11.1. The Labute approximate surface area is 167 Å². The van der Waals surface area contributed by atoms with E-state index in [1.54, 1.807) is 0 Å². The van der Waals surface area contributed by atoms with Crippen LogP contribution < -0.4 is 10.1 Å². The average molecular weight is 373 g/mol. The molecule has 0 fully saturated rings. The van der Waals surface area contributed by atoms with Gasteiger partial charge in [-0.15, -0.1) is 0 Å². The highest BCUT2D eigenvalue weighted by molar-refractivity contribution is 5.90. The van der Waals surface area contributed by atoms with Crippen molar-refractivity contribution in [3.05, 3.63) is 90.0 Å². The van der Waals surface area contributed by atoms with Gasteiger partial charge in [-0.3, -0.25) is 4.79 Å². The fourth-order valence-corrected chi connectivity index (χ4v) is 2.88. The summed E-state index contributed by atoms with van der Waals surface area (Å²) in [5.74, 6) is 1.62. The molecule has 1 amide bonds. The maximum atomic E-state index is 12.2. The number of anilines is 1. The molecule has 0 aromatic heterocycles. The molecule has 0 heterocycles. The van der Waals surface area contributed by atoms with Crippen LogP contribution in [0.2, 0.25) is 0 Å². The highest BCUT2D eigenvalue weighted by Gasteiger charge is 2.13. The molecule has 3 rings (SSSR count). The Kier molecular flexibility index (Phi) is 6.15. The number of para-hydroxylation sites is 1. The van der Waals surface area contributed by atoms with Crippen LogP contribution >= 0.6 is 0 Å². The number of rotatable bonds is 6. The van der Waals surface area contributed by atoms with Gasteiger partial charge in [0.2, 0.25) is 5.91 Å². The minimum atomic E-state index is 0.0214. The van der Waals surface area contributed by atoms with Gasteiger partial charge in [0.05, 0.1) is 0 Å². The molecule has 3 nitrogen and oxygen atoms in total. The molecule has 0 saturated carbocycles. The van der Waals surface area contributed by atoms with E-state index in [0.717, 1.165) is 22.7 Å². The summed E-state index contributed by atoms with van der Waals surface area (Å²) < 4.78 is 5.79. The van der Waals surface area contributed by atoms with Crippen molar-refractivity contribution in [1.29, 1.82) is 0 Å². The van der Waals surface area contributed by atoms with Crippen LogP contribution in [0.1, 0.15) is 38.3 Å². The van der Waals surface area contributed by atoms with Crippen molar-refractivity contribution in [3.63, 3.8) is 0 Å². The molecule has 0 bridgehead atoms. The average Bonchev–Trinajstić information content (AvgIpc) is 2.68. The van der Waals surface area contributed by atoms with Gasteiger partial charge in [0.15, 0.2) is 0 Å². The van der Waals surface area contributed by atoms with Crippen LogP contribution in [-0.2, 0) is 16.6 Å². The molecular formula is C25H27NO2. The minimum Gasteiger partial charge on any atom is -0.457 e. The van der Waals surface area contributed by atoms with Gasteiger partial charge in [0.25, 0.3) is 0 Å². The highest BCUT2D eigenvalue weighted by atomic mass is 16.5. The van der Waals surface area contributed by atoms with E-state index >= 15 is 0 Å². The molecule has 28 heavy (non-hydrogen) atoms. The van der Waals surface area contributed by atoms with Crippen molar-refractivity contribution in [2.75, 3.05) is 5.32 Å². The smallest absolute Gasteiger partial charge is 0.224 e. The molecule has 0 spiro atoms. The molecule has 0 aliphatic heterocycles. The first-order valence-corrected chi connectivity index (χ1v) is 9.62. The molecule has 0 unspecified atom stereocenters. The summed E-state index contributed by atoms with van der Waals surface area (Å²) in [5.41, 5.74) is 3.31. The van der Waals surface area contributed by atoms with Crippen molar-refractivity contribution in [1.82, 2.24) is 0 Å². The first-order valence-electron chi connectivity index (χ1n) is 9.62. The third kappa shape index (κ3) is 5.71. The van der Waals surface area contributed by atoms with Gasteiger partial charge < -0.3 is 10.1 Å². The third-order valence-electron chi connectivity index (χ3n) is 4.58. The molecule has 3 aromatic carbocycles. The maximum absolute atomic E-state index is 12.2. The Morgan fingerprint density at radius 1 is 0.821 bits per heavy atom. The van der Waals surface area contributed by atoms with Gasteiger partial charge >= 0.3 is 0 Å². The van der Waals surface area contributed by atoms with Gasteiger partial charge in [0, 0.05) is 12.1 Å². The molecule has 0 atom stereocenters. The van der Waals surface area contributed by atoms with Crippen molar-refractivity contribution in [2.24, 2.45) is 0 Å². The Balaban J connectivity index is 1.49. The summed E-state index contributed by atoms with van der Waals surface area (Å²) in [6.45, 7) is 6.53. The number of amides is 1. The molecule has 3 aromatic rings. The van der Waals surface area contributed by atoms with E-state index in [0.29, 0.717) is 12.8 Å². The molecule has 1 N–H and O–H groups in total. The molecule has 0 aliphatic rings. The zero-order valence-electron chi connectivity index (χ0n) is 16.7. The maximum Gasteiger partial charge on any atom is 0.224 e. The molecule has 0 radical (unpaired) electrons. The molecule has 0 saturated heterocycles. The summed E-state index contributed by atoms with van der Waals surface area (Å²) in [4.78, 5) is 12.2. The zero-order valence-corrected chi connectivity index (χ0v) is 16.7. The number of ether oxygens (including phenoxy) is 1. The lowest BCUT2D eigenvalue weighted by Gasteiger charge is -2.19. The van der Waals surface area contributed by atoms with Crippen molar-refractivity contribution in [2.45, 2.75) is 39.0 Å². The van der Waals surface area contributed by atoms with Crippen molar-refractivity contribution in [3.8, 4) is 11.5 Å². The number of hydrogen-bond donors (Lipinski definition) is 1. The van der Waals surface area contributed by atoms with E-state index in [1.165, 1.54) is 5.56 Å². The Morgan fingerprint density at radius 3 is 2.04 bits per heavy atom. The Bertz CT molecular complexity index is 892. The van der Waals surface area contributed by atoms with E-state index in [4.69, 9.17) is 4.74 Å². The van der Waals surface area contributed by atoms with Crippen molar-refractivity contribution >= 4 is 11.6 Å². The van der Waals surface area contributed by atoms with Crippen molar-refractivity contribution < 1.29 is 9.53 Å². The lowest BCUT2D eigenvalue weighted by molar-refractivity contribution is -0.116. The fraction of sp³-hybridized carbons (Fsp3) is 0.240. The predicted molar refractivity (Wildman–Crippen MR) is 115 cm³/mol. The lowest BCUT2D eigenvalue weighted by Crippen LogP contribution is -2.14. The summed E-state index contributed by atoms with van der Waals surface area (Å²) >= 11 is 0. The second-order valence-corrected chi connectivity index (χ2v) is 7.93. The van der Waals surface area contributed by atoms with E-state index < -0.39 is 0 Å². The number of carbonyl (C=O) groups excluding carboxylic acids is 1. The quantitative estimate of drug-likeness (QED) is 0.547. The molecule has 0 aliphatic carbocycles.